The molecule has 9 nitrogen and oxygen atoms in total. The fourth-order valence-corrected chi connectivity index (χ4v) is 5.24. The number of rotatable bonds is 8. The number of nitrogens with one attached hydrogen (secondary N) is 1. The van der Waals surface area contributed by atoms with E-state index in [0.717, 1.165) is 16.6 Å². The number of hydrogen-bond donors (Lipinski definition) is 3. The third kappa shape index (κ3) is 4.53. The second kappa shape index (κ2) is 8.62. The van der Waals surface area contributed by atoms with Crippen LogP contribution in [-0.2, 0) is 9.59 Å². The summed E-state index contributed by atoms with van der Waals surface area (Å²) in [6.07, 6.45) is 1.84. The first-order valence-corrected chi connectivity index (χ1v) is 11.2. The summed E-state index contributed by atoms with van der Waals surface area (Å²) >= 11 is 1.31. The second-order valence-electron chi connectivity index (χ2n) is 8.14. The molecule has 0 spiro atoms. The molecule has 1 aliphatic carbocycles. The lowest BCUT2D eigenvalue weighted by molar-refractivity contribution is -0.138. The Kier molecular flexibility index (Phi) is 5.90. The van der Waals surface area contributed by atoms with Crippen LogP contribution in [0.25, 0.3) is 10.2 Å². The summed E-state index contributed by atoms with van der Waals surface area (Å²) in [5, 5.41) is 3.26. The normalized spacial score (nSPS) is 22.6. The molecule has 164 valence electrons. The number of nitrogens with two attached hydrogens (primary N) is 2. The molecule has 1 saturated heterocycles. The zero-order valence-corrected chi connectivity index (χ0v) is 18.1. The van der Waals surface area contributed by atoms with Gasteiger partial charge in [-0.25, -0.2) is 4.98 Å². The Balaban J connectivity index is 1.52. The largest absolute Gasteiger partial charge is 0.370 e. The van der Waals surface area contributed by atoms with E-state index >= 15 is 0 Å². The highest BCUT2D eigenvalue weighted by Crippen LogP contribution is 2.49. The Bertz CT molecular complexity index is 1010. The molecule has 1 aromatic carbocycles. The number of Topliss-reactive ketones (excluding diaryl/α,β-unsaturated/α-hetero) is 1. The summed E-state index contributed by atoms with van der Waals surface area (Å²) < 4.78 is 0.913. The second-order valence-corrected chi connectivity index (χ2v) is 9.17. The first-order valence-electron chi connectivity index (χ1n) is 10.4. The van der Waals surface area contributed by atoms with E-state index in [1.165, 1.54) is 18.3 Å². The molecule has 2 aromatic rings. The smallest absolute Gasteiger partial charge is 0.243 e. The molecular weight excluding hydrogens is 416 g/mol. The molecule has 1 saturated carbocycles. The van der Waals surface area contributed by atoms with Gasteiger partial charge in [0.25, 0.3) is 0 Å². The standard InChI is InChI=1S/C21H26N6O3S/c1-11(28)27-10-12-9-13(12)17(27)19(30)25-15(6-4-8-24-21(22)23)18(29)20-26-14-5-2-3-7-16(14)31-20/h2-3,5,7,12-13,15,17H,4,6,8-10H2,1H3,(H,25,30)(H4,22,23,24)/t12-,13-,15?,17?/m1/s1. The number of carbonyl (C=O) groups is 3. The van der Waals surface area contributed by atoms with Gasteiger partial charge >= 0.3 is 0 Å². The molecule has 4 rings (SSSR count). The zero-order valence-electron chi connectivity index (χ0n) is 17.3. The van der Waals surface area contributed by atoms with E-state index in [0.29, 0.717) is 36.9 Å². The molecule has 2 unspecified atom stereocenters. The van der Waals surface area contributed by atoms with Crippen molar-refractivity contribution in [1.29, 1.82) is 0 Å². The third-order valence-electron chi connectivity index (χ3n) is 5.91. The first-order chi connectivity index (χ1) is 14.8. The number of ketones is 1. The molecule has 10 heteroatoms. The third-order valence-corrected chi connectivity index (χ3v) is 6.96. The van der Waals surface area contributed by atoms with Crippen molar-refractivity contribution in [1.82, 2.24) is 15.2 Å². The lowest BCUT2D eigenvalue weighted by Gasteiger charge is -2.27. The number of hydrogen-bond acceptors (Lipinski definition) is 6. The van der Waals surface area contributed by atoms with Crippen molar-refractivity contribution < 1.29 is 14.4 Å². The fraction of sp³-hybridized carbons (Fsp3) is 0.476. The molecule has 1 aliphatic heterocycles. The number of likely N-dealkylation sites (tertiary alicyclic amines) is 1. The fourth-order valence-electron chi connectivity index (χ4n) is 4.28. The SMILES string of the molecule is CC(=O)N1C[C@H]2C[C@H]2C1C(=O)NC(CCCN=C(N)N)C(=O)c1nc2ccccc2s1. The van der Waals surface area contributed by atoms with Gasteiger partial charge in [0.05, 0.1) is 16.3 Å². The van der Waals surface area contributed by atoms with Crippen molar-refractivity contribution in [2.75, 3.05) is 13.1 Å². The molecular formula is C21H26N6O3S. The van der Waals surface area contributed by atoms with Gasteiger partial charge in [-0.3, -0.25) is 19.4 Å². The Morgan fingerprint density at radius 2 is 2.10 bits per heavy atom. The molecule has 4 atom stereocenters. The molecule has 2 heterocycles. The minimum absolute atomic E-state index is 0.0130. The van der Waals surface area contributed by atoms with Crippen LogP contribution in [0.2, 0.25) is 0 Å². The van der Waals surface area contributed by atoms with Crippen molar-refractivity contribution in [2.24, 2.45) is 28.3 Å². The summed E-state index contributed by atoms with van der Waals surface area (Å²) in [5.74, 6) is -0.0702. The highest BCUT2D eigenvalue weighted by atomic mass is 32.1. The summed E-state index contributed by atoms with van der Waals surface area (Å²) in [5.41, 5.74) is 11.5. The number of nitrogens with zero attached hydrogens (tertiary/aromatic N) is 3. The quantitative estimate of drug-likeness (QED) is 0.240. The highest BCUT2D eigenvalue weighted by Gasteiger charge is 2.56. The van der Waals surface area contributed by atoms with Crippen LogP contribution in [0.4, 0.5) is 0 Å². The average Bonchev–Trinajstić information content (AvgIpc) is 3.19. The number of aliphatic imine (C=N–C) groups is 1. The van der Waals surface area contributed by atoms with Crippen LogP contribution >= 0.6 is 11.3 Å². The van der Waals surface area contributed by atoms with Gasteiger partial charge in [0.2, 0.25) is 17.6 Å². The van der Waals surface area contributed by atoms with E-state index in [9.17, 15) is 14.4 Å². The number of benzene rings is 1. The summed E-state index contributed by atoms with van der Waals surface area (Å²) in [7, 11) is 0. The topological polar surface area (TPSA) is 144 Å². The van der Waals surface area contributed by atoms with Crippen molar-refractivity contribution in [3.8, 4) is 0 Å². The van der Waals surface area contributed by atoms with Gasteiger partial charge < -0.3 is 21.7 Å². The molecule has 2 fully saturated rings. The van der Waals surface area contributed by atoms with Crippen LogP contribution in [0.15, 0.2) is 29.3 Å². The van der Waals surface area contributed by atoms with Crippen LogP contribution in [0.5, 0.6) is 0 Å². The molecule has 0 bridgehead atoms. The van der Waals surface area contributed by atoms with Crippen molar-refractivity contribution in [2.45, 2.75) is 38.3 Å². The van der Waals surface area contributed by atoms with E-state index in [2.05, 4.69) is 15.3 Å². The Morgan fingerprint density at radius 3 is 2.81 bits per heavy atom. The number of carbonyl (C=O) groups excluding carboxylic acids is 3. The number of aromatic nitrogens is 1. The van der Waals surface area contributed by atoms with E-state index < -0.39 is 12.1 Å². The maximum absolute atomic E-state index is 13.3. The lowest BCUT2D eigenvalue weighted by atomic mass is 10.0. The Hall–Kier alpha value is -3.01. The predicted molar refractivity (Wildman–Crippen MR) is 119 cm³/mol. The molecule has 5 N–H and O–H groups in total. The number of amides is 2. The number of thiazole rings is 1. The summed E-state index contributed by atoms with van der Waals surface area (Å²) in [6, 6.07) is 6.26. The Labute approximate surface area is 183 Å². The maximum atomic E-state index is 13.3. The monoisotopic (exact) mass is 442 g/mol. The average molecular weight is 443 g/mol. The van der Waals surface area contributed by atoms with Gasteiger partial charge in [-0.1, -0.05) is 12.1 Å². The van der Waals surface area contributed by atoms with Crippen LogP contribution < -0.4 is 16.8 Å². The van der Waals surface area contributed by atoms with E-state index in [4.69, 9.17) is 11.5 Å². The van der Waals surface area contributed by atoms with E-state index in [1.54, 1.807) is 4.90 Å². The minimum Gasteiger partial charge on any atom is -0.370 e. The van der Waals surface area contributed by atoms with Gasteiger partial charge in [0.15, 0.2) is 11.0 Å². The van der Waals surface area contributed by atoms with Gasteiger partial charge in [-0.15, -0.1) is 11.3 Å². The van der Waals surface area contributed by atoms with Gasteiger partial charge in [-0.2, -0.15) is 0 Å². The first kappa shape index (κ1) is 21.2. The number of piperidine rings is 1. The number of para-hydroxylation sites is 1. The van der Waals surface area contributed by atoms with Crippen LogP contribution in [0, 0.1) is 11.8 Å². The number of guanidine groups is 1. The maximum Gasteiger partial charge on any atom is 0.243 e. The van der Waals surface area contributed by atoms with Crippen LogP contribution in [0.3, 0.4) is 0 Å². The van der Waals surface area contributed by atoms with Gasteiger partial charge in [0, 0.05) is 20.0 Å². The summed E-state index contributed by atoms with van der Waals surface area (Å²) in [6.45, 7) is 2.44. The molecule has 2 amide bonds. The minimum atomic E-state index is -0.756. The predicted octanol–water partition coefficient (Wildman–Crippen LogP) is 0.884. The Morgan fingerprint density at radius 1 is 1.32 bits per heavy atom. The van der Waals surface area contributed by atoms with Crippen LogP contribution in [0.1, 0.15) is 36.0 Å². The van der Waals surface area contributed by atoms with E-state index in [-0.39, 0.29) is 29.5 Å². The highest BCUT2D eigenvalue weighted by molar-refractivity contribution is 7.20. The van der Waals surface area contributed by atoms with Crippen LogP contribution in [-0.4, -0.2) is 58.6 Å². The molecule has 0 radical (unpaired) electrons. The van der Waals surface area contributed by atoms with E-state index in [1.807, 2.05) is 24.3 Å². The van der Waals surface area contributed by atoms with Gasteiger partial charge in [0.1, 0.15) is 6.04 Å². The molecule has 1 aromatic heterocycles. The van der Waals surface area contributed by atoms with Crippen molar-refractivity contribution in [3.63, 3.8) is 0 Å². The molecule has 2 aliphatic rings. The number of fused-ring (bicyclic) bond motifs is 2. The van der Waals surface area contributed by atoms with Crippen molar-refractivity contribution >= 4 is 45.1 Å². The van der Waals surface area contributed by atoms with Gasteiger partial charge in [-0.05, 0) is 43.2 Å². The van der Waals surface area contributed by atoms with Crippen molar-refractivity contribution in [3.05, 3.63) is 29.3 Å². The zero-order chi connectivity index (χ0) is 22.1. The summed E-state index contributed by atoms with van der Waals surface area (Å²) in [4.78, 5) is 48.4. The lowest BCUT2D eigenvalue weighted by Crippen LogP contribution is -2.52. The molecule has 31 heavy (non-hydrogen) atoms.